The summed E-state index contributed by atoms with van der Waals surface area (Å²) in [5.41, 5.74) is 1.68. The third-order valence-corrected chi connectivity index (χ3v) is 4.58. The fourth-order valence-corrected chi connectivity index (χ4v) is 3.21. The van der Waals surface area contributed by atoms with Gasteiger partial charge in [0.2, 0.25) is 0 Å². The summed E-state index contributed by atoms with van der Waals surface area (Å²) in [7, 11) is 0. The van der Waals surface area contributed by atoms with E-state index in [0.29, 0.717) is 9.60 Å². The van der Waals surface area contributed by atoms with Gasteiger partial charge in [-0.05, 0) is 18.2 Å². The van der Waals surface area contributed by atoms with Crippen molar-refractivity contribution in [2.45, 2.75) is 0 Å². The zero-order valence-electron chi connectivity index (χ0n) is 13.3. The first-order valence-electron chi connectivity index (χ1n) is 7.49. The molecular formula is C18H13BrN2O4S. The van der Waals surface area contributed by atoms with Gasteiger partial charge in [0, 0.05) is 15.4 Å². The van der Waals surface area contributed by atoms with Crippen molar-refractivity contribution in [1.82, 2.24) is 4.98 Å². The van der Waals surface area contributed by atoms with Crippen molar-refractivity contribution in [2.24, 2.45) is 0 Å². The third kappa shape index (κ3) is 4.47. The van der Waals surface area contributed by atoms with Crippen LogP contribution >= 0.6 is 27.3 Å². The second kappa shape index (κ2) is 8.11. The fraction of sp³-hybridized carbons (Fsp3) is 0.0556. The Bertz CT molecular complexity index is 943. The molecule has 0 radical (unpaired) electrons. The van der Waals surface area contributed by atoms with Gasteiger partial charge in [-0.1, -0.05) is 46.3 Å². The number of benzene rings is 2. The van der Waals surface area contributed by atoms with Crippen LogP contribution in [0.25, 0.3) is 11.3 Å². The standard InChI is InChI=1S/C18H13BrN2O4S/c19-12-6-7-15(22)13(8-12)17(24)25-9-16(23)21-18-20-14(10-26-18)11-4-2-1-3-5-11/h1-8,10,22H,9H2,(H,20,21,23). The molecule has 0 atom stereocenters. The number of hydrogen-bond acceptors (Lipinski definition) is 6. The summed E-state index contributed by atoms with van der Waals surface area (Å²) in [6.07, 6.45) is 0. The van der Waals surface area contributed by atoms with Crippen LogP contribution in [0.5, 0.6) is 5.75 Å². The van der Waals surface area contributed by atoms with Gasteiger partial charge in [0.25, 0.3) is 5.91 Å². The molecule has 2 aromatic carbocycles. The quantitative estimate of drug-likeness (QED) is 0.593. The number of halogens is 1. The smallest absolute Gasteiger partial charge is 0.342 e. The molecule has 2 N–H and O–H groups in total. The number of anilines is 1. The van der Waals surface area contributed by atoms with Crippen LogP contribution in [0.15, 0.2) is 58.4 Å². The molecule has 0 saturated carbocycles. The maximum Gasteiger partial charge on any atom is 0.342 e. The number of ether oxygens (including phenoxy) is 1. The second-order valence-corrected chi connectivity index (χ2v) is 6.96. The average Bonchev–Trinajstić information content (AvgIpc) is 3.11. The fourth-order valence-electron chi connectivity index (χ4n) is 2.11. The molecule has 8 heteroatoms. The molecule has 0 spiro atoms. The summed E-state index contributed by atoms with van der Waals surface area (Å²) < 4.78 is 5.55. The minimum absolute atomic E-state index is 0.0206. The maximum atomic E-state index is 12.0. The predicted octanol–water partition coefficient (Wildman–Crippen LogP) is 4.07. The number of phenolic OH excluding ortho intramolecular Hbond substituents is 1. The predicted molar refractivity (Wildman–Crippen MR) is 102 cm³/mol. The van der Waals surface area contributed by atoms with Crippen molar-refractivity contribution in [3.63, 3.8) is 0 Å². The summed E-state index contributed by atoms with van der Waals surface area (Å²) in [5.74, 6) is -1.52. The summed E-state index contributed by atoms with van der Waals surface area (Å²) in [6.45, 7) is -0.481. The summed E-state index contributed by atoms with van der Waals surface area (Å²) >= 11 is 4.48. The van der Waals surface area contributed by atoms with E-state index >= 15 is 0 Å². The molecule has 0 unspecified atom stereocenters. The number of hydrogen-bond donors (Lipinski definition) is 2. The molecule has 0 saturated heterocycles. The Labute approximate surface area is 161 Å². The summed E-state index contributed by atoms with van der Waals surface area (Å²) in [5, 5.41) is 14.5. The van der Waals surface area contributed by atoms with Gasteiger partial charge in [0.15, 0.2) is 11.7 Å². The van der Waals surface area contributed by atoms with Crippen molar-refractivity contribution < 1.29 is 19.4 Å². The monoisotopic (exact) mass is 432 g/mol. The lowest BCUT2D eigenvalue weighted by atomic mass is 10.2. The number of thiazole rings is 1. The maximum absolute atomic E-state index is 12.0. The second-order valence-electron chi connectivity index (χ2n) is 5.19. The van der Waals surface area contributed by atoms with E-state index in [4.69, 9.17) is 4.74 Å². The van der Waals surface area contributed by atoms with Crippen molar-refractivity contribution in [3.8, 4) is 17.0 Å². The van der Waals surface area contributed by atoms with Crippen LogP contribution in [0.3, 0.4) is 0 Å². The minimum Gasteiger partial charge on any atom is -0.507 e. The highest BCUT2D eigenvalue weighted by atomic mass is 79.9. The molecule has 3 rings (SSSR count). The zero-order chi connectivity index (χ0) is 18.5. The Morgan fingerprint density at radius 1 is 1.19 bits per heavy atom. The van der Waals surface area contributed by atoms with Crippen LogP contribution in [0.1, 0.15) is 10.4 Å². The number of amides is 1. The first kappa shape index (κ1) is 18.1. The van der Waals surface area contributed by atoms with E-state index in [-0.39, 0.29) is 11.3 Å². The van der Waals surface area contributed by atoms with Gasteiger partial charge < -0.3 is 9.84 Å². The van der Waals surface area contributed by atoms with E-state index in [0.717, 1.165) is 11.3 Å². The van der Waals surface area contributed by atoms with E-state index in [1.807, 2.05) is 35.7 Å². The van der Waals surface area contributed by atoms with Gasteiger partial charge in [-0.2, -0.15) is 0 Å². The number of phenols is 1. The molecule has 26 heavy (non-hydrogen) atoms. The third-order valence-electron chi connectivity index (χ3n) is 3.33. The zero-order valence-corrected chi connectivity index (χ0v) is 15.7. The summed E-state index contributed by atoms with van der Waals surface area (Å²) in [6, 6.07) is 13.9. The Kier molecular flexibility index (Phi) is 5.65. The van der Waals surface area contributed by atoms with Crippen molar-refractivity contribution in [2.75, 3.05) is 11.9 Å². The first-order valence-corrected chi connectivity index (χ1v) is 9.16. The molecular weight excluding hydrogens is 420 g/mol. The number of nitrogens with zero attached hydrogens (tertiary/aromatic N) is 1. The lowest BCUT2D eigenvalue weighted by Gasteiger charge is -2.06. The van der Waals surface area contributed by atoms with E-state index < -0.39 is 18.5 Å². The topological polar surface area (TPSA) is 88.5 Å². The van der Waals surface area contributed by atoms with Crippen molar-refractivity contribution in [1.29, 1.82) is 0 Å². The minimum atomic E-state index is -0.789. The Morgan fingerprint density at radius 3 is 2.73 bits per heavy atom. The molecule has 1 heterocycles. The lowest BCUT2D eigenvalue weighted by Crippen LogP contribution is -2.20. The van der Waals surface area contributed by atoms with Gasteiger partial charge in [0.1, 0.15) is 11.3 Å². The van der Waals surface area contributed by atoms with Crippen LogP contribution in [0.2, 0.25) is 0 Å². The van der Waals surface area contributed by atoms with Gasteiger partial charge in [-0.15, -0.1) is 11.3 Å². The van der Waals surface area contributed by atoms with Crippen molar-refractivity contribution >= 4 is 44.3 Å². The number of rotatable bonds is 5. The number of carbonyl (C=O) groups is 2. The van der Waals surface area contributed by atoms with E-state index in [2.05, 4.69) is 26.2 Å². The molecule has 0 bridgehead atoms. The van der Waals surface area contributed by atoms with Crippen molar-refractivity contribution in [3.05, 3.63) is 63.9 Å². The van der Waals surface area contributed by atoms with Crippen LogP contribution in [0.4, 0.5) is 5.13 Å². The Morgan fingerprint density at radius 2 is 1.96 bits per heavy atom. The molecule has 0 aliphatic carbocycles. The van der Waals surface area contributed by atoms with Gasteiger partial charge in [0.05, 0.1) is 5.69 Å². The number of carbonyl (C=O) groups excluding carboxylic acids is 2. The SMILES string of the molecule is O=C(COC(=O)c1cc(Br)ccc1O)Nc1nc(-c2ccccc2)cs1. The highest BCUT2D eigenvalue weighted by Crippen LogP contribution is 2.25. The normalized spacial score (nSPS) is 10.3. The van der Waals surface area contributed by atoms with Gasteiger partial charge in [-0.3, -0.25) is 10.1 Å². The van der Waals surface area contributed by atoms with Crippen LogP contribution < -0.4 is 5.32 Å². The molecule has 1 aromatic heterocycles. The van der Waals surface area contributed by atoms with Gasteiger partial charge >= 0.3 is 5.97 Å². The van der Waals surface area contributed by atoms with Crippen LogP contribution in [-0.2, 0) is 9.53 Å². The molecule has 0 aliphatic heterocycles. The first-order chi connectivity index (χ1) is 12.5. The Hall–Kier alpha value is -2.71. The average molecular weight is 433 g/mol. The molecule has 6 nitrogen and oxygen atoms in total. The molecule has 132 valence electrons. The molecule has 0 fully saturated rings. The van der Waals surface area contributed by atoms with Gasteiger partial charge in [-0.25, -0.2) is 9.78 Å². The number of esters is 1. The Balaban J connectivity index is 1.57. The number of aromatic nitrogens is 1. The van der Waals surface area contributed by atoms with E-state index in [1.54, 1.807) is 6.07 Å². The highest BCUT2D eigenvalue weighted by Gasteiger charge is 2.15. The van der Waals surface area contributed by atoms with Crippen LogP contribution in [0, 0.1) is 0 Å². The molecule has 3 aromatic rings. The number of aromatic hydroxyl groups is 1. The molecule has 0 aliphatic rings. The summed E-state index contributed by atoms with van der Waals surface area (Å²) in [4.78, 5) is 28.3. The van der Waals surface area contributed by atoms with E-state index in [1.165, 1.54) is 23.5 Å². The largest absolute Gasteiger partial charge is 0.507 e. The lowest BCUT2D eigenvalue weighted by molar-refractivity contribution is -0.119. The highest BCUT2D eigenvalue weighted by molar-refractivity contribution is 9.10. The number of nitrogens with one attached hydrogen (secondary N) is 1. The van der Waals surface area contributed by atoms with E-state index in [9.17, 15) is 14.7 Å². The molecule has 1 amide bonds. The van der Waals surface area contributed by atoms with Crippen LogP contribution in [-0.4, -0.2) is 28.6 Å².